The molecule has 2 heterocycles. The van der Waals surface area contributed by atoms with Crippen LogP contribution in [0, 0.1) is 0 Å². The Hall–Kier alpha value is -2.68. The lowest BCUT2D eigenvalue weighted by Gasteiger charge is -2.23. The molecule has 0 saturated heterocycles. The first-order valence-corrected chi connectivity index (χ1v) is 9.77. The van der Waals surface area contributed by atoms with Crippen LogP contribution in [0.3, 0.4) is 0 Å². The summed E-state index contributed by atoms with van der Waals surface area (Å²) in [6.45, 7) is 0.463. The molecule has 0 atom stereocenters. The molecule has 0 spiro atoms. The SMILES string of the molecule is COc1ccc(CN(C(=O)Cn2cnc3c(c(Br)nn3C)c2=O)C2CC2)cc1. The number of fused-ring (bicyclic) bond motifs is 1. The molecule has 1 fully saturated rings. The van der Waals surface area contributed by atoms with Crippen molar-refractivity contribution >= 4 is 32.9 Å². The van der Waals surface area contributed by atoms with E-state index < -0.39 is 0 Å². The van der Waals surface area contributed by atoms with Crippen molar-refractivity contribution in [3.8, 4) is 5.75 Å². The standard InChI is InChI=1S/C19H20BrN5O3/c1-23-18-16(17(20)22-23)19(27)24(11-21-18)10-15(26)25(13-5-6-13)9-12-3-7-14(28-2)8-4-12/h3-4,7-8,11,13H,5-6,9-10H2,1-2H3. The van der Waals surface area contributed by atoms with Crippen LogP contribution in [0.25, 0.3) is 11.0 Å². The van der Waals surface area contributed by atoms with Crippen molar-refractivity contribution in [2.45, 2.75) is 32.0 Å². The van der Waals surface area contributed by atoms with Crippen LogP contribution in [0.2, 0.25) is 0 Å². The first kappa shape index (κ1) is 18.7. The largest absolute Gasteiger partial charge is 0.497 e. The summed E-state index contributed by atoms with van der Waals surface area (Å²) in [5.74, 6) is 0.683. The summed E-state index contributed by atoms with van der Waals surface area (Å²) in [7, 11) is 3.34. The molecule has 146 valence electrons. The second kappa shape index (κ2) is 7.38. The van der Waals surface area contributed by atoms with Gasteiger partial charge in [-0.25, -0.2) is 9.67 Å². The third-order valence-electron chi connectivity index (χ3n) is 4.89. The molecule has 2 aromatic heterocycles. The zero-order valence-corrected chi connectivity index (χ0v) is 17.2. The van der Waals surface area contributed by atoms with E-state index in [9.17, 15) is 9.59 Å². The van der Waals surface area contributed by atoms with Gasteiger partial charge in [0.25, 0.3) is 5.56 Å². The number of hydrogen-bond donors (Lipinski definition) is 0. The summed E-state index contributed by atoms with van der Waals surface area (Å²) in [5, 5.41) is 4.55. The molecular weight excluding hydrogens is 426 g/mol. The average molecular weight is 446 g/mol. The second-order valence-corrected chi connectivity index (χ2v) is 7.64. The minimum absolute atomic E-state index is 0.0459. The van der Waals surface area contributed by atoms with Gasteiger partial charge in [0, 0.05) is 19.6 Å². The Labute approximate surface area is 169 Å². The highest BCUT2D eigenvalue weighted by Crippen LogP contribution is 2.29. The van der Waals surface area contributed by atoms with Crippen molar-refractivity contribution in [3.05, 3.63) is 51.1 Å². The number of hydrogen-bond acceptors (Lipinski definition) is 5. The summed E-state index contributed by atoms with van der Waals surface area (Å²) in [5.41, 5.74) is 1.23. The van der Waals surface area contributed by atoms with Crippen molar-refractivity contribution in [1.29, 1.82) is 0 Å². The summed E-state index contributed by atoms with van der Waals surface area (Å²) in [6, 6.07) is 7.90. The van der Waals surface area contributed by atoms with Crippen molar-refractivity contribution < 1.29 is 9.53 Å². The Kier molecular flexibility index (Phi) is 4.92. The fourth-order valence-corrected chi connectivity index (χ4v) is 3.80. The van der Waals surface area contributed by atoms with Gasteiger partial charge in [-0.2, -0.15) is 5.10 Å². The van der Waals surface area contributed by atoms with E-state index in [0.29, 0.717) is 22.2 Å². The Balaban J connectivity index is 1.57. The quantitative estimate of drug-likeness (QED) is 0.579. The molecule has 0 N–H and O–H groups in total. The molecule has 1 amide bonds. The van der Waals surface area contributed by atoms with Crippen LogP contribution in [0.5, 0.6) is 5.75 Å². The van der Waals surface area contributed by atoms with Gasteiger partial charge in [0.1, 0.15) is 28.6 Å². The zero-order valence-electron chi connectivity index (χ0n) is 15.6. The van der Waals surface area contributed by atoms with Gasteiger partial charge in [0.2, 0.25) is 5.91 Å². The number of aryl methyl sites for hydroxylation is 1. The lowest BCUT2D eigenvalue weighted by Crippen LogP contribution is -2.37. The number of nitrogens with zero attached hydrogens (tertiary/aromatic N) is 5. The highest BCUT2D eigenvalue weighted by atomic mass is 79.9. The van der Waals surface area contributed by atoms with Crippen LogP contribution >= 0.6 is 15.9 Å². The minimum atomic E-state index is -0.279. The number of rotatable bonds is 6. The van der Waals surface area contributed by atoms with Gasteiger partial charge in [-0.05, 0) is 46.5 Å². The van der Waals surface area contributed by atoms with Crippen LogP contribution in [-0.4, -0.2) is 43.3 Å². The number of carbonyl (C=O) groups is 1. The summed E-state index contributed by atoms with van der Waals surface area (Å²) in [4.78, 5) is 31.9. The Morgan fingerprint density at radius 1 is 1.32 bits per heavy atom. The highest BCUT2D eigenvalue weighted by molar-refractivity contribution is 9.10. The molecule has 4 rings (SSSR count). The predicted molar refractivity (Wildman–Crippen MR) is 107 cm³/mol. The van der Waals surface area contributed by atoms with Crippen LogP contribution < -0.4 is 10.3 Å². The maximum atomic E-state index is 13.0. The number of ether oxygens (including phenoxy) is 1. The van der Waals surface area contributed by atoms with Crippen molar-refractivity contribution in [1.82, 2.24) is 24.2 Å². The van der Waals surface area contributed by atoms with Crippen LogP contribution in [-0.2, 0) is 24.9 Å². The molecule has 9 heteroatoms. The topological polar surface area (TPSA) is 82.2 Å². The van der Waals surface area contributed by atoms with Gasteiger partial charge in [-0.15, -0.1) is 0 Å². The number of methoxy groups -OCH3 is 1. The van der Waals surface area contributed by atoms with E-state index in [1.165, 1.54) is 15.6 Å². The molecule has 0 bridgehead atoms. The summed E-state index contributed by atoms with van der Waals surface area (Å²) < 4.78 is 8.50. The molecule has 8 nitrogen and oxygen atoms in total. The van der Waals surface area contributed by atoms with Crippen molar-refractivity contribution in [2.24, 2.45) is 7.05 Å². The number of carbonyl (C=O) groups excluding carboxylic acids is 1. The average Bonchev–Trinajstić information content (AvgIpc) is 3.48. The molecule has 28 heavy (non-hydrogen) atoms. The molecule has 0 radical (unpaired) electrons. The van der Waals surface area contributed by atoms with Gasteiger partial charge in [-0.3, -0.25) is 14.2 Å². The second-order valence-electron chi connectivity index (χ2n) is 6.89. The third-order valence-corrected chi connectivity index (χ3v) is 5.45. The van der Waals surface area contributed by atoms with E-state index >= 15 is 0 Å². The van der Waals surface area contributed by atoms with E-state index in [1.807, 2.05) is 29.2 Å². The van der Waals surface area contributed by atoms with Gasteiger partial charge in [0.05, 0.1) is 7.11 Å². The van der Waals surface area contributed by atoms with E-state index in [0.717, 1.165) is 24.2 Å². The molecule has 0 unspecified atom stereocenters. The molecule has 0 aliphatic heterocycles. The highest BCUT2D eigenvalue weighted by Gasteiger charge is 2.32. The normalized spacial score (nSPS) is 13.7. The van der Waals surface area contributed by atoms with Gasteiger partial charge in [-0.1, -0.05) is 12.1 Å². The molecule has 1 aliphatic rings. The van der Waals surface area contributed by atoms with Gasteiger partial charge >= 0.3 is 0 Å². The lowest BCUT2D eigenvalue weighted by atomic mass is 10.2. The third kappa shape index (κ3) is 3.54. The summed E-state index contributed by atoms with van der Waals surface area (Å²) in [6.07, 6.45) is 3.39. The van der Waals surface area contributed by atoms with Crippen molar-refractivity contribution in [2.75, 3.05) is 7.11 Å². The Morgan fingerprint density at radius 3 is 2.68 bits per heavy atom. The lowest BCUT2D eigenvalue weighted by molar-refractivity contribution is -0.133. The zero-order chi connectivity index (χ0) is 19.8. The summed E-state index contributed by atoms with van der Waals surface area (Å²) >= 11 is 3.30. The van der Waals surface area contributed by atoms with Gasteiger partial charge in [0.15, 0.2) is 5.65 Å². The number of aromatic nitrogens is 4. The predicted octanol–water partition coefficient (Wildman–Crippen LogP) is 2.09. The molecular formula is C19H20BrN5O3. The van der Waals surface area contributed by atoms with E-state index in [4.69, 9.17) is 4.74 Å². The molecule has 3 aromatic rings. The number of benzene rings is 1. The monoisotopic (exact) mass is 445 g/mol. The van der Waals surface area contributed by atoms with Crippen LogP contribution in [0.4, 0.5) is 0 Å². The number of amides is 1. The Morgan fingerprint density at radius 2 is 2.04 bits per heavy atom. The molecule has 1 aromatic carbocycles. The first-order chi connectivity index (χ1) is 13.5. The van der Waals surface area contributed by atoms with Crippen LogP contribution in [0.1, 0.15) is 18.4 Å². The number of halogens is 1. The molecule has 1 saturated carbocycles. The van der Waals surface area contributed by atoms with E-state index in [1.54, 1.807) is 14.2 Å². The maximum Gasteiger partial charge on any atom is 0.266 e. The van der Waals surface area contributed by atoms with Gasteiger partial charge < -0.3 is 9.64 Å². The smallest absolute Gasteiger partial charge is 0.266 e. The fraction of sp³-hybridized carbons (Fsp3) is 0.368. The first-order valence-electron chi connectivity index (χ1n) is 8.98. The molecule has 1 aliphatic carbocycles. The Bertz CT molecular complexity index is 1090. The van der Waals surface area contributed by atoms with Crippen molar-refractivity contribution in [3.63, 3.8) is 0 Å². The van der Waals surface area contributed by atoms with Crippen LogP contribution in [0.15, 0.2) is 40.0 Å². The minimum Gasteiger partial charge on any atom is -0.497 e. The van der Waals surface area contributed by atoms with E-state index in [-0.39, 0.29) is 24.1 Å². The fourth-order valence-electron chi connectivity index (χ4n) is 3.22. The van der Waals surface area contributed by atoms with E-state index in [2.05, 4.69) is 26.0 Å². The maximum absolute atomic E-state index is 13.0.